The molecular formula is C21H19F2N3O4S. The molecular weight excluding hydrogens is 428 g/mol. The molecule has 2 N–H and O–H groups in total. The van der Waals surface area contributed by atoms with Gasteiger partial charge in [0.2, 0.25) is 5.91 Å². The van der Waals surface area contributed by atoms with Crippen molar-refractivity contribution in [2.75, 3.05) is 4.72 Å². The topological polar surface area (TPSA) is 97.3 Å². The minimum absolute atomic E-state index is 0.0124. The standard InChI is InChI=1S/C21H19F2N3O4S/c1-14-7-8-19(25-31(29,30)18-5-3-2-4-6-18)21(28)26(14)13-20(27)24-12-15-9-16(22)11-17(23)10-15/h2-11,25H,12-13H2,1H3,(H,24,27). The van der Waals surface area contributed by atoms with Crippen molar-refractivity contribution >= 4 is 21.6 Å². The van der Waals surface area contributed by atoms with Crippen molar-refractivity contribution < 1.29 is 22.0 Å². The van der Waals surface area contributed by atoms with Gasteiger partial charge < -0.3 is 9.88 Å². The fourth-order valence-corrected chi connectivity index (χ4v) is 3.94. The Morgan fingerprint density at radius 2 is 1.65 bits per heavy atom. The van der Waals surface area contributed by atoms with Crippen LogP contribution in [0, 0.1) is 18.6 Å². The van der Waals surface area contributed by atoms with E-state index in [1.807, 2.05) is 0 Å². The molecule has 0 fully saturated rings. The Hall–Kier alpha value is -3.53. The average Bonchev–Trinajstić information content (AvgIpc) is 2.72. The van der Waals surface area contributed by atoms with E-state index in [4.69, 9.17) is 0 Å². The predicted molar refractivity (Wildman–Crippen MR) is 111 cm³/mol. The van der Waals surface area contributed by atoms with E-state index in [0.29, 0.717) is 5.69 Å². The fourth-order valence-electron chi connectivity index (χ4n) is 2.86. The highest BCUT2D eigenvalue weighted by Gasteiger charge is 2.17. The second-order valence-corrected chi connectivity index (χ2v) is 8.44. The number of carbonyl (C=O) groups excluding carboxylic acids is 1. The summed E-state index contributed by atoms with van der Waals surface area (Å²) in [4.78, 5) is 25.0. The third-order valence-corrected chi connectivity index (χ3v) is 5.79. The van der Waals surface area contributed by atoms with E-state index in [1.54, 1.807) is 25.1 Å². The van der Waals surface area contributed by atoms with Gasteiger partial charge in [0.15, 0.2) is 0 Å². The first kappa shape index (κ1) is 22.2. The van der Waals surface area contributed by atoms with Gasteiger partial charge in [-0.3, -0.25) is 14.3 Å². The number of rotatable bonds is 7. The minimum Gasteiger partial charge on any atom is -0.350 e. The zero-order valence-electron chi connectivity index (χ0n) is 16.4. The number of benzene rings is 2. The number of halogens is 2. The molecule has 1 aromatic heterocycles. The number of carbonyl (C=O) groups is 1. The molecule has 0 aliphatic rings. The molecule has 0 aliphatic heterocycles. The highest BCUT2D eigenvalue weighted by Crippen LogP contribution is 2.13. The lowest BCUT2D eigenvalue weighted by molar-refractivity contribution is -0.121. The van der Waals surface area contributed by atoms with E-state index in [-0.39, 0.29) is 22.7 Å². The summed E-state index contributed by atoms with van der Waals surface area (Å²) in [7, 11) is -3.98. The van der Waals surface area contributed by atoms with E-state index in [9.17, 15) is 26.8 Å². The van der Waals surface area contributed by atoms with Gasteiger partial charge >= 0.3 is 0 Å². The molecule has 31 heavy (non-hydrogen) atoms. The van der Waals surface area contributed by atoms with Gasteiger partial charge in [-0.15, -0.1) is 0 Å². The molecule has 7 nitrogen and oxygen atoms in total. The molecule has 3 aromatic rings. The van der Waals surface area contributed by atoms with Crippen molar-refractivity contribution in [2.45, 2.75) is 24.9 Å². The first-order chi connectivity index (χ1) is 14.7. The molecule has 162 valence electrons. The average molecular weight is 447 g/mol. The first-order valence-corrected chi connectivity index (χ1v) is 10.6. The van der Waals surface area contributed by atoms with Crippen molar-refractivity contribution in [2.24, 2.45) is 0 Å². The Morgan fingerprint density at radius 1 is 1.00 bits per heavy atom. The predicted octanol–water partition coefficient (Wildman–Crippen LogP) is 2.55. The Kier molecular flexibility index (Phi) is 6.50. The van der Waals surface area contributed by atoms with Gasteiger partial charge in [0, 0.05) is 18.3 Å². The van der Waals surface area contributed by atoms with Crippen LogP contribution in [0.3, 0.4) is 0 Å². The molecule has 0 atom stereocenters. The van der Waals surface area contributed by atoms with Crippen molar-refractivity contribution in [3.05, 3.63) is 93.9 Å². The van der Waals surface area contributed by atoms with Crippen LogP contribution in [0.2, 0.25) is 0 Å². The fraction of sp³-hybridized carbons (Fsp3) is 0.143. The van der Waals surface area contributed by atoms with Gasteiger partial charge in [0.25, 0.3) is 15.6 Å². The van der Waals surface area contributed by atoms with Crippen LogP contribution >= 0.6 is 0 Å². The molecule has 0 aliphatic carbocycles. The number of anilines is 1. The van der Waals surface area contributed by atoms with E-state index >= 15 is 0 Å². The Labute approximate surface area is 177 Å². The van der Waals surface area contributed by atoms with Gasteiger partial charge in [0.05, 0.1) is 4.90 Å². The van der Waals surface area contributed by atoms with Crippen molar-refractivity contribution in [3.63, 3.8) is 0 Å². The van der Waals surface area contributed by atoms with Crippen LogP contribution in [0.4, 0.5) is 14.5 Å². The Balaban J connectivity index is 1.76. The number of nitrogens with one attached hydrogen (secondary N) is 2. The molecule has 0 saturated carbocycles. The smallest absolute Gasteiger partial charge is 0.275 e. The van der Waals surface area contributed by atoms with Crippen LogP contribution in [0.1, 0.15) is 11.3 Å². The van der Waals surface area contributed by atoms with Gasteiger partial charge in [-0.2, -0.15) is 0 Å². The van der Waals surface area contributed by atoms with Crippen LogP contribution in [0.5, 0.6) is 0 Å². The van der Waals surface area contributed by atoms with E-state index in [0.717, 1.165) is 22.8 Å². The lowest BCUT2D eigenvalue weighted by Crippen LogP contribution is -2.34. The molecule has 3 rings (SSSR count). The third kappa shape index (κ3) is 5.54. The molecule has 1 heterocycles. The van der Waals surface area contributed by atoms with Crippen LogP contribution < -0.4 is 15.6 Å². The summed E-state index contributed by atoms with van der Waals surface area (Å²) in [5.41, 5.74) is -0.264. The number of aryl methyl sites for hydroxylation is 1. The monoisotopic (exact) mass is 447 g/mol. The first-order valence-electron chi connectivity index (χ1n) is 9.16. The summed E-state index contributed by atoms with van der Waals surface area (Å²) in [6, 6.07) is 13.2. The van der Waals surface area contributed by atoms with Crippen molar-refractivity contribution in [1.82, 2.24) is 9.88 Å². The summed E-state index contributed by atoms with van der Waals surface area (Å²) in [6.45, 7) is 1.05. The van der Waals surface area contributed by atoms with E-state index < -0.39 is 39.7 Å². The number of hydrogen-bond acceptors (Lipinski definition) is 4. The number of sulfonamides is 1. The molecule has 0 spiro atoms. The minimum atomic E-state index is -3.98. The number of aromatic nitrogens is 1. The quantitative estimate of drug-likeness (QED) is 0.582. The molecule has 10 heteroatoms. The molecule has 1 amide bonds. The zero-order valence-corrected chi connectivity index (χ0v) is 17.2. The van der Waals surface area contributed by atoms with E-state index in [1.165, 1.54) is 24.3 Å². The second kappa shape index (κ2) is 9.09. The zero-order chi connectivity index (χ0) is 22.6. The summed E-state index contributed by atoms with van der Waals surface area (Å²) in [5.74, 6) is -2.12. The summed E-state index contributed by atoms with van der Waals surface area (Å²) >= 11 is 0. The molecule has 0 saturated heterocycles. The van der Waals surface area contributed by atoms with Gasteiger partial charge in [-0.05, 0) is 48.9 Å². The van der Waals surface area contributed by atoms with Crippen molar-refractivity contribution in [3.8, 4) is 0 Å². The Morgan fingerprint density at radius 3 is 2.29 bits per heavy atom. The maximum Gasteiger partial charge on any atom is 0.275 e. The maximum absolute atomic E-state index is 13.3. The summed E-state index contributed by atoms with van der Waals surface area (Å²) in [5, 5.41) is 2.48. The van der Waals surface area contributed by atoms with Crippen LogP contribution in [0.25, 0.3) is 0 Å². The molecule has 2 aromatic carbocycles. The summed E-state index contributed by atoms with van der Waals surface area (Å²) < 4.78 is 54.8. The molecule has 0 bridgehead atoms. The lowest BCUT2D eigenvalue weighted by atomic mass is 10.2. The Bertz CT molecular complexity index is 1260. The van der Waals surface area contributed by atoms with Gasteiger partial charge in [-0.1, -0.05) is 18.2 Å². The van der Waals surface area contributed by atoms with Gasteiger partial charge in [-0.25, -0.2) is 17.2 Å². The van der Waals surface area contributed by atoms with Gasteiger partial charge in [0.1, 0.15) is 23.9 Å². The number of nitrogens with zero attached hydrogens (tertiary/aromatic N) is 1. The second-order valence-electron chi connectivity index (χ2n) is 6.75. The highest BCUT2D eigenvalue weighted by atomic mass is 32.2. The normalized spacial score (nSPS) is 11.2. The van der Waals surface area contributed by atoms with Crippen molar-refractivity contribution in [1.29, 1.82) is 0 Å². The lowest BCUT2D eigenvalue weighted by Gasteiger charge is -2.14. The number of hydrogen-bond donors (Lipinski definition) is 2. The summed E-state index contributed by atoms with van der Waals surface area (Å²) in [6.07, 6.45) is 0. The number of amides is 1. The largest absolute Gasteiger partial charge is 0.350 e. The van der Waals surface area contributed by atoms with Crippen LogP contribution in [-0.2, 0) is 27.9 Å². The van der Waals surface area contributed by atoms with E-state index in [2.05, 4.69) is 10.0 Å². The van der Waals surface area contributed by atoms with Crippen LogP contribution in [0.15, 0.2) is 70.4 Å². The highest BCUT2D eigenvalue weighted by molar-refractivity contribution is 7.92. The molecule has 0 radical (unpaired) electrons. The number of pyridine rings is 1. The third-order valence-electron chi connectivity index (χ3n) is 4.40. The molecule has 0 unspecified atom stereocenters. The SMILES string of the molecule is Cc1ccc(NS(=O)(=O)c2ccccc2)c(=O)n1CC(=O)NCc1cc(F)cc(F)c1. The maximum atomic E-state index is 13.3. The van der Waals surface area contributed by atoms with Crippen LogP contribution in [-0.4, -0.2) is 18.9 Å².